The second-order valence-corrected chi connectivity index (χ2v) is 4.14. The largest absolute Gasteiger partial charge is 0.416 e. The summed E-state index contributed by atoms with van der Waals surface area (Å²) in [6, 6.07) is 5.58. The van der Waals surface area contributed by atoms with Gasteiger partial charge in [-0.05, 0) is 49.5 Å². The van der Waals surface area contributed by atoms with E-state index in [1.54, 1.807) is 12.1 Å². The summed E-state index contributed by atoms with van der Waals surface area (Å²) in [5.41, 5.74) is 0.458. The molecule has 1 N–H and O–H groups in total. The molecular formula is C12H15ClF3N. The minimum absolute atomic E-state index is 0. The van der Waals surface area contributed by atoms with Gasteiger partial charge in [-0.25, -0.2) is 0 Å². The lowest BCUT2D eigenvalue weighted by Crippen LogP contribution is -2.26. The highest BCUT2D eigenvalue weighted by atomic mass is 35.5. The van der Waals surface area contributed by atoms with Gasteiger partial charge in [0.2, 0.25) is 0 Å². The molecule has 0 bridgehead atoms. The molecule has 1 heterocycles. The van der Waals surface area contributed by atoms with Crippen molar-refractivity contribution >= 4 is 12.4 Å². The highest BCUT2D eigenvalue weighted by Crippen LogP contribution is 2.31. The summed E-state index contributed by atoms with van der Waals surface area (Å²) >= 11 is 0. The van der Waals surface area contributed by atoms with Crippen LogP contribution >= 0.6 is 12.4 Å². The summed E-state index contributed by atoms with van der Waals surface area (Å²) in [7, 11) is 0. The number of alkyl halides is 3. The Morgan fingerprint density at radius 2 is 1.53 bits per heavy atom. The second-order valence-electron chi connectivity index (χ2n) is 4.14. The summed E-state index contributed by atoms with van der Waals surface area (Å²) in [4.78, 5) is 0. The molecule has 0 aromatic heterocycles. The maximum atomic E-state index is 12.4. The van der Waals surface area contributed by atoms with E-state index in [2.05, 4.69) is 5.32 Å². The van der Waals surface area contributed by atoms with Gasteiger partial charge in [0.05, 0.1) is 5.56 Å². The average molecular weight is 266 g/mol. The number of benzene rings is 1. The van der Waals surface area contributed by atoms with E-state index >= 15 is 0 Å². The first-order valence-electron chi connectivity index (χ1n) is 5.45. The van der Waals surface area contributed by atoms with Gasteiger partial charge in [-0.15, -0.1) is 12.4 Å². The fourth-order valence-electron chi connectivity index (χ4n) is 2.10. The number of halogens is 4. The molecule has 0 atom stereocenters. The smallest absolute Gasteiger partial charge is 0.317 e. The molecule has 0 unspecified atom stereocenters. The lowest BCUT2D eigenvalue weighted by molar-refractivity contribution is -0.137. The summed E-state index contributed by atoms with van der Waals surface area (Å²) < 4.78 is 37.1. The third kappa shape index (κ3) is 3.61. The fraction of sp³-hybridized carbons (Fsp3) is 0.500. The van der Waals surface area contributed by atoms with Crippen LogP contribution in [0.25, 0.3) is 0 Å². The Morgan fingerprint density at radius 3 is 2.00 bits per heavy atom. The molecule has 1 aromatic carbocycles. The minimum Gasteiger partial charge on any atom is -0.317 e. The van der Waals surface area contributed by atoms with Crippen molar-refractivity contribution < 1.29 is 13.2 Å². The summed E-state index contributed by atoms with van der Waals surface area (Å²) in [6.07, 6.45) is -2.22. The van der Waals surface area contributed by atoms with E-state index < -0.39 is 11.7 Å². The van der Waals surface area contributed by atoms with Crippen molar-refractivity contribution in [1.82, 2.24) is 5.32 Å². The Balaban J connectivity index is 0.00000144. The molecule has 1 fully saturated rings. The van der Waals surface area contributed by atoms with Gasteiger partial charge in [0.15, 0.2) is 0 Å². The van der Waals surface area contributed by atoms with Crippen LogP contribution in [-0.2, 0) is 6.18 Å². The van der Waals surface area contributed by atoms with Crippen molar-refractivity contribution in [2.45, 2.75) is 24.9 Å². The molecule has 0 amide bonds. The van der Waals surface area contributed by atoms with Crippen molar-refractivity contribution in [3.8, 4) is 0 Å². The fourth-order valence-corrected chi connectivity index (χ4v) is 2.10. The van der Waals surface area contributed by atoms with E-state index in [1.807, 2.05) is 0 Å². The van der Waals surface area contributed by atoms with Gasteiger partial charge in [-0.3, -0.25) is 0 Å². The van der Waals surface area contributed by atoms with Crippen LogP contribution in [0.2, 0.25) is 0 Å². The highest BCUT2D eigenvalue weighted by molar-refractivity contribution is 5.85. The van der Waals surface area contributed by atoms with E-state index in [0.717, 1.165) is 31.5 Å². The zero-order valence-corrected chi connectivity index (χ0v) is 10.1. The molecular weight excluding hydrogens is 251 g/mol. The number of nitrogens with one attached hydrogen (secondary N) is 1. The van der Waals surface area contributed by atoms with Crippen molar-refractivity contribution in [3.05, 3.63) is 35.4 Å². The van der Waals surface area contributed by atoms with Crippen LogP contribution < -0.4 is 5.32 Å². The van der Waals surface area contributed by atoms with Gasteiger partial charge in [-0.2, -0.15) is 13.2 Å². The zero-order valence-electron chi connectivity index (χ0n) is 9.26. The van der Waals surface area contributed by atoms with Crippen LogP contribution in [0, 0.1) is 0 Å². The SMILES string of the molecule is Cl.FC(F)(F)c1ccc(C2CCNCC2)cc1. The first-order valence-corrected chi connectivity index (χ1v) is 5.45. The Labute approximate surface area is 105 Å². The first kappa shape index (κ1) is 14.3. The number of hydrogen-bond acceptors (Lipinski definition) is 1. The molecule has 17 heavy (non-hydrogen) atoms. The van der Waals surface area contributed by atoms with Crippen LogP contribution in [-0.4, -0.2) is 13.1 Å². The maximum absolute atomic E-state index is 12.4. The molecule has 0 spiro atoms. The molecule has 0 radical (unpaired) electrons. The van der Waals surface area contributed by atoms with Crippen molar-refractivity contribution in [2.75, 3.05) is 13.1 Å². The van der Waals surface area contributed by atoms with Crippen LogP contribution in [0.3, 0.4) is 0 Å². The van der Waals surface area contributed by atoms with Crippen LogP contribution in [0.5, 0.6) is 0 Å². The number of piperidine rings is 1. The van der Waals surface area contributed by atoms with Crippen LogP contribution in [0.15, 0.2) is 24.3 Å². The highest BCUT2D eigenvalue weighted by Gasteiger charge is 2.30. The van der Waals surface area contributed by atoms with Crippen molar-refractivity contribution in [1.29, 1.82) is 0 Å². The number of rotatable bonds is 1. The number of hydrogen-bond donors (Lipinski definition) is 1. The van der Waals surface area contributed by atoms with Gasteiger partial charge in [-0.1, -0.05) is 12.1 Å². The van der Waals surface area contributed by atoms with Gasteiger partial charge in [0, 0.05) is 0 Å². The predicted octanol–water partition coefficient (Wildman–Crippen LogP) is 3.59. The molecule has 1 aliphatic rings. The van der Waals surface area contributed by atoms with Gasteiger partial charge in [0.1, 0.15) is 0 Å². The summed E-state index contributed by atoms with van der Waals surface area (Å²) in [5, 5.41) is 3.24. The topological polar surface area (TPSA) is 12.0 Å². The minimum atomic E-state index is -4.23. The molecule has 1 saturated heterocycles. The zero-order chi connectivity index (χ0) is 11.6. The lowest BCUT2D eigenvalue weighted by Gasteiger charge is -2.23. The molecule has 5 heteroatoms. The van der Waals surface area contributed by atoms with Crippen molar-refractivity contribution in [3.63, 3.8) is 0 Å². The van der Waals surface area contributed by atoms with Crippen LogP contribution in [0.1, 0.15) is 29.9 Å². The molecule has 0 aliphatic carbocycles. The second kappa shape index (κ2) is 5.74. The van der Waals surface area contributed by atoms with Crippen LogP contribution in [0.4, 0.5) is 13.2 Å². The molecule has 1 nitrogen and oxygen atoms in total. The Hall–Kier alpha value is -0.740. The summed E-state index contributed by atoms with van der Waals surface area (Å²) in [6.45, 7) is 1.90. The van der Waals surface area contributed by atoms with E-state index in [0.29, 0.717) is 5.92 Å². The lowest BCUT2D eigenvalue weighted by atomic mass is 9.90. The molecule has 0 saturated carbocycles. The van der Waals surface area contributed by atoms with Gasteiger partial charge in [0.25, 0.3) is 0 Å². The molecule has 1 aliphatic heterocycles. The quantitative estimate of drug-likeness (QED) is 0.818. The van der Waals surface area contributed by atoms with Gasteiger partial charge >= 0.3 is 6.18 Å². The average Bonchev–Trinajstić information content (AvgIpc) is 2.29. The van der Waals surface area contributed by atoms with Crippen molar-refractivity contribution in [2.24, 2.45) is 0 Å². The Morgan fingerprint density at radius 1 is 1.00 bits per heavy atom. The van der Waals surface area contributed by atoms with E-state index in [-0.39, 0.29) is 12.4 Å². The molecule has 96 valence electrons. The Bertz CT molecular complexity index is 342. The Kier molecular flexibility index (Phi) is 4.83. The van der Waals surface area contributed by atoms with E-state index in [1.165, 1.54) is 12.1 Å². The predicted molar refractivity (Wildman–Crippen MR) is 63.5 cm³/mol. The molecule has 1 aromatic rings. The maximum Gasteiger partial charge on any atom is 0.416 e. The standard InChI is InChI=1S/C12H14F3N.ClH/c13-12(14,15)11-3-1-9(2-4-11)10-5-7-16-8-6-10;/h1-4,10,16H,5-8H2;1H. The normalized spacial score (nSPS) is 17.6. The van der Waals surface area contributed by atoms with Gasteiger partial charge < -0.3 is 5.32 Å². The monoisotopic (exact) mass is 265 g/mol. The third-order valence-corrected chi connectivity index (χ3v) is 3.05. The van der Waals surface area contributed by atoms with E-state index in [9.17, 15) is 13.2 Å². The summed E-state index contributed by atoms with van der Waals surface area (Å²) in [5.74, 6) is 0.406. The van der Waals surface area contributed by atoms with E-state index in [4.69, 9.17) is 0 Å². The third-order valence-electron chi connectivity index (χ3n) is 3.05. The molecule has 2 rings (SSSR count). The first-order chi connectivity index (χ1) is 7.57.